The maximum absolute atomic E-state index is 12.3. The lowest BCUT2D eigenvalue weighted by atomic mass is 10.2. The molecular weight excluding hydrogens is 366 g/mol. The molecule has 3 aromatic rings. The van der Waals surface area contributed by atoms with Crippen molar-refractivity contribution in [2.75, 3.05) is 0 Å². The van der Waals surface area contributed by atoms with E-state index in [4.69, 9.17) is 11.6 Å². The molecule has 0 aliphatic heterocycles. The zero-order chi connectivity index (χ0) is 18.0. The van der Waals surface area contributed by atoms with Crippen LogP contribution in [0, 0.1) is 6.92 Å². The van der Waals surface area contributed by atoms with Crippen molar-refractivity contribution in [2.45, 2.75) is 11.8 Å². The van der Waals surface area contributed by atoms with E-state index in [-0.39, 0.29) is 10.5 Å². The Morgan fingerprint density at radius 2 is 1.88 bits per heavy atom. The molecule has 2 aromatic carbocycles. The van der Waals surface area contributed by atoms with E-state index in [1.807, 2.05) is 4.72 Å². The SMILES string of the molecule is Cc1nnnn1-c1cccc(C(=O)NS(=O)(=O)c2ccc(Cl)cc2)c1. The van der Waals surface area contributed by atoms with Crippen molar-refractivity contribution < 1.29 is 13.2 Å². The highest BCUT2D eigenvalue weighted by molar-refractivity contribution is 7.90. The minimum absolute atomic E-state index is 0.0577. The summed E-state index contributed by atoms with van der Waals surface area (Å²) in [5.41, 5.74) is 0.698. The van der Waals surface area contributed by atoms with Crippen molar-refractivity contribution in [3.8, 4) is 5.69 Å². The van der Waals surface area contributed by atoms with Crippen LogP contribution in [0.3, 0.4) is 0 Å². The van der Waals surface area contributed by atoms with E-state index in [0.29, 0.717) is 16.5 Å². The fourth-order valence-corrected chi connectivity index (χ4v) is 3.20. The summed E-state index contributed by atoms with van der Waals surface area (Å²) in [4.78, 5) is 12.3. The van der Waals surface area contributed by atoms with Crippen molar-refractivity contribution in [3.05, 3.63) is 64.9 Å². The molecule has 25 heavy (non-hydrogen) atoms. The van der Waals surface area contributed by atoms with Gasteiger partial charge in [-0.15, -0.1) is 5.10 Å². The second-order valence-corrected chi connectivity index (χ2v) is 7.20. The summed E-state index contributed by atoms with van der Waals surface area (Å²) in [5.74, 6) is -0.228. The van der Waals surface area contributed by atoms with Crippen LogP contribution in [0.15, 0.2) is 53.4 Å². The third-order valence-corrected chi connectivity index (χ3v) is 4.93. The minimum Gasteiger partial charge on any atom is -0.268 e. The van der Waals surface area contributed by atoms with E-state index >= 15 is 0 Å². The quantitative estimate of drug-likeness (QED) is 0.742. The lowest BCUT2D eigenvalue weighted by molar-refractivity contribution is 0.0981. The maximum atomic E-state index is 12.3. The van der Waals surface area contributed by atoms with Gasteiger partial charge in [-0.05, 0) is 59.8 Å². The van der Waals surface area contributed by atoms with E-state index < -0.39 is 15.9 Å². The minimum atomic E-state index is -4.00. The van der Waals surface area contributed by atoms with Crippen LogP contribution >= 0.6 is 11.6 Å². The van der Waals surface area contributed by atoms with Gasteiger partial charge in [0.15, 0.2) is 5.82 Å². The number of hydrogen-bond donors (Lipinski definition) is 1. The van der Waals surface area contributed by atoms with Crippen molar-refractivity contribution in [1.82, 2.24) is 24.9 Å². The number of benzene rings is 2. The number of rotatable bonds is 4. The zero-order valence-electron chi connectivity index (χ0n) is 12.9. The number of carbonyl (C=O) groups excluding carboxylic acids is 1. The summed E-state index contributed by atoms with van der Waals surface area (Å²) in [6, 6.07) is 11.8. The number of nitrogens with one attached hydrogen (secondary N) is 1. The molecule has 0 aliphatic carbocycles. The summed E-state index contributed by atoms with van der Waals surface area (Å²) >= 11 is 5.74. The van der Waals surface area contributed by atoms with Crippen molar-refractivity contribution >= 4 is 27.5 Å². The fraction of sp³-hybridized carbons (Fsp3) is 0.0667. The number of sulfonamides is 1. The van der Waals surface area contributed by atoms with Gasteiger partial charge in [0.1, 0.15) is 0 Å². The highest BCUT2D eigenvalue weighted by Gasteiger charge is 2.19. The smallest absolute Gasteiger partial charge is 0.265 e. The molecule has 10 heteroatoms. The number of halogens is 1. The number of carbonyl (C=O) groups is 1. The van der Waals surface area contributed by atoms with Gasteiger partial charge >= 0.3 is 0 Å². The summed E-state index contributed by atoms with van der Waals surface area (Å²) in [6.45, 7) is 1.71. The number of aryl methyl sites for hydroxylation is 1. The van der Waals surface area contributed by atoms with Crippen LogP contribution in [0.4, 0.5) is 0 Å². The maximum Gasteiger partial charge on any atom is 0.265 e. The van der Waals surface area contributed by atoms with Crippen LogP contribution in [-0.4, -0.2) is 34.5 Å². The molecule has 1 amide bonds. The third-order valence-electron chi connectivity index (χ3n) is 3.33. The monoisotopic (exact) mass is 377 g/mol. The second-order valence-electron chi connectivity index (χ2n) is 5.08. The molecule has 3 rings (SSSR count). The molecule has 8 nitrogen and oxygen atoms in total. The van der Waals surface area contributed by atoms with Gasteiger partial charge < -0.3 is 0 Å². The highest BCUT2D eigenvalue weighted by Crippen LogP contribution is 2.15. The van der Waals surface area contributed by atoms with Crippen molar-refractivity contribution in [2.24, 2.45) is 0 Å². The van der Waals surface area contributed by atoms with Gasteiger partial charge in [0.2, 0.25) is 0 Å². The van der Waals surface area contributed by atoms with Gasteiger partial charge in [0.05, 0.1) is 10.6 Å². The Hall–Kier alpha value is -2.78. The van der Waals surface area contributed by atoms with E-state index in [1.54, 1.807) is 19.1 Å². The largest absolute Gasteiger partial charge is 0.268 e. The van der Waals surface area contributed by atoms with E-state index in [1.165, 1.54) is 41.1 Å². The molecule has 0 fully saturated rings. The average Bonchev–Trinajstić information content (AvgIpc) is 3.01. The number of hydrogen-bond acceptors (Lipinski definition) is 6. The molecule has 0 saturated heterocycles. The summed E-state index contributed by atoms with van der Waals surface area (Å²) in [7, 11) is -4.00. The van der Waals surface area contributed by atoms with Gasteiger partial charge in [-0.25, -0.2) is 13.1 Å². The number of tetrazole rings is 1. The van der Waals surface area contributed by atoms with Gasteiger partial charge in [0, 0.05) is 10.6 Å². The first-order chi connectivity index (χ1) is 11.9. The molecule has 0 spiro atoms. The molecule has 0 radical (unpaired) electrons. The molecule has 128 valence electrons. The summed E-state index contributed by atoms with van der Waals surface area (Å²) in [5, 5.41) is 11.5. The predicted molar refractivity (Wildman–Crippen MR) is 90.0 cm³/mol. The Balaban J connectivity index is 1.86. The average molecular weight is 378 g/mol. The van der Waals surface area contributed by atoms with E-state index in [9.17, 15) is 13.2 Å². The Labute approximate surface area is 148 Å². The van der Waals surface area contributed by atoms with Gasteiger partial charge in [-0.2, -0.15) is 4.68 Å². The molecule has 0 aliphatic rings. The van der Waals surface area contributed by atoms with Crippen LogP contribution in [0.25, 0.3) is 5.69 Å². The van der Waals surface area contributed by atoms with Crippen LogP contribution in [0.2, 0.25) is 5.02 Å². The molecule has 0 unspecified atom stereocenters. The van der Waals surface area contributed by atoms with Crippen LogP contribution in [0.1, 0.15) is 16.2 Å². The standard InChI is InChI=1S/C15H12ClN5O3S/c1-10-17-19-20-21(10)13-4-2-3-11(9-13)15(22)18-25(23,24)14-7-5-12(16)6-8-14/h2-9H,1H3,(H,18,22). The first kappa shape index (κ1) is 17.1. The normalized spacial score (nSPS) is 11.3. The van der Waals surface area contributed by atoms with Gasteiger partial charge in [0.25, 0.3) is 15.9 Å². The van der Waals surface area contributed by atoms with Gasteiger partial charge in [-0.3, -0.25) is 4.79 Å². The molecule has 1 heterocycles. The number of nitrogens with zero attached hydrogens (tertiary/aromatic N) is 4. The predicted octanol–water partition coefficient (Wildman–Crippen LogP) is 1.74. The van der Waals surface area contributed by atoms with Crippen molar-refractivity contribution in [1.29, 1.82) is 0 Å². The Morgan fingerprint density at radius 3 is 2.52 bits per heavy atom. The lowest BCUT2D eigenvalue weighted by Crippen LogP contribution is -2.30. The molecular formula is C15H12ClN5O3S. The topological polar surface area (TPSA) is 107 Å². The Morgan fingerprint density at radius 1 is 1.16 bits per heavy atom. The summed E-state index contributed by atoms with van der Waals surface area (Å²) in [6.07, 6.45) is 0. The fourth-order valence-electron chi connectivity index (χ4n) is 2.10. The molecule has 1 N–H and O–H groups in total. The number of amides is 1. The third kappa shape index (κ3) is 3.67. The van der Waals surface area contributed by atoms with Crippen LogP contribution in [-0.2, 0) is 10.0 Å². The first-order valence-electron chi connectivity index (χ1n) is 7.05. The Bertz CT molecular complexity index is 1030. The first-order valence-corrected chi connectivity index (χ1v) is 8.91. The Kier molecular flexibility index (Phi) is 4.51. The highest BCUT2D eigenvalue weighted by atomic mass is 35.5. The van der Waals surface area contributed by atoms with Crippen LogP contribution < -0.4 is 4.72 Å². The summed E-state index contributed by atoms with van der Waals surface area (Å²) < 4.78 is 28.0. The van der Waals surface area contributed by atoms with Crippen molar-refractivity contribution in [3.63, 3.8) is 0 Å². The zero-order valence-corrected chi connectivity index (χ0v) is 14.5. The van der Waals surface area contributed by atoms with E-state index in [0.717, 1.165) is 0 Å². The second kappa shape index (κ2) is 6.61. The lowest BCUT2D eigenvalue weighted by Gasteiger charge is -2.08. The molecule has 0 saturated carbocycles. The van der Waals surface area contributed by atoms with Gasteiger partial charge in [-0.1, -0.05) is 17.7 Å². The number of aromatic nitrogens is 4. The molecule has 1 aromatic heterocycles. The van der Waals surface area contributed by atoms with E-state index in [2.05, 4.69) is 15.5 Å². The van der Waals surface area contributed by atoms with Crippen LogP contribution in [0.5, 0.6) is 0 Å². The molecule has 0 bridgehead atoms. The molecule has 0 atom stereocenters.